The molecule has 0 unspecified atom stereocenters. The number of alkyl halides is 2. The van der Waals surface area contributed by atoms with Crippen molar-refractivity contribution in [2.75, 3.05) is 11.8 Å². The van der Waals surface area contributed by atoms with Crippen molar-refractivity contribution >= 4 is 56.3 Å². The van der Waals surface area contributed by atoms with Gasteiger partial charge in [-0.3, -0.25) is 9.59 Å². The zero-order chi connectivity index (χ0) is 13.5. The van der Waals surface area contributed by atoms with E-state index in [-0.39, 0.29) is 32.9 Å². The third-order valence-corrected chi connectivity index (χ3v) is 6.18. The molecule has 4 nitrogen and oxygen atoms in total. The van der Waals surface area contributed by atoms with Crippen molar-refractivity contribution in [3.63, 3.8) is 0 Å². The fourth-order valence-corrected chi connectivity index (χ4v) is 4.55. The predicted molar refractivity (Wildman–Crippen MR) is 70.5 cm³/mol. The molecule has 2 radical (unpaired) electrons. The second-order valence-electron chi connectivity index (χ2n) is 3.22. The van der Waals surface area contributed by atoms with Gasteiger partial charge in [-0.25, -0.2) is 0 Å². The zero-order valence-electron chi connectivity index (χ0n) is 9.62. The van der Waals surface area contributed by atoms with Crippen LogP contribution in [0.2, 0.25) is 8.87 Å². The Kier molecular flexibility index (Phi) is 18.9. The smallest absolute Gasteiger partial charge is 0.318 e. The molecule has 1 aliphatic rings. The molecule has 0 atom stereocenters. The van der Waals surface area contributed by atoms with Crippen molar-refractivity contribution in [1.82, 2.24) is 0 Å². The largest absolute Gasteiger partial charge is 0.480 e. The van der Waals surface area contributed by atoms with Crippen LogP contribution in [0.3, 0.4) is 0 Å². The van der Waals surface area contributed by atoms with Crippen molar-refractivity contribution in [1.29, 1.82) is 0 Å². The summed E-state index contributed by atoms with van der Waals surface area (Å²) in [5.41, 5.74) is 0. The van der Waals surface area contributed by atoms with E-state index in [1.165, 1.54) is 0 Å². The normalized spacial score (nSPS) is 14.2. The average molecular weight is 392 g/mol. The van der Waals surface area contributed by atoms with Gasteiger partial charge in [0.15, 0.2) is 0 Å². The first-order valence-corrected chi connectivity index (χ1v) is 10.4. The van der Waals surface area contributed by atoms with Crippen LogP contribution in [0.15, 0.2) is 0 Å². The minimum atomic E-state index is -0.980. The summed E-state index contributed by atoms with van der Waals surface area (Å²) >= 11 is 9.72. The Morgan fingerprint density at radius 2 is 1.18 bits per heavy atom. The maximum absolute atomic E-state index is 9.24. The topological polar surface area (TPSA) is 74.6 Å². The zero-order valence-corrected chi connectivity index (χ0v) is 14.0. The van der Waals surface area contributed by atoms with Gasteiger partial charge in [0.05, 0.1) is 0 Å². The molecule has 0 saturated carbocycles. The molecule has 0 amide bonds. The first-order valence-electron chi connectivity index (χ1n) is 5.30. The SMILES string of the molecule is C1CC[CH2][Sn][CH2]C1.O=C(O)CCl.O=C(O)CCl. The number of carbonyl (C=O) groups is 2. The maximum Gasteiger partial charge on any atom is 0.318 e. The summed E-state index contributed by atoms with van der Waals surface area (Å²) in [6, 6.07) is 0. The van der Waals surface area contributed by atoms with Crippen LogP contribution in [0.4, 0.5) is 0 Å². The van der Waals surface area contributed by atoms with Gasteiger partial charge in [-0.15, -0.1) is 23.2 Å². The van der Waals surface area contributed by atoms with Crippen molar-refractivity contribution in [2.24, 2.45) is 0 Å². The van der Waals surface area contributed by atoms with E-state index < -0.39 is 11.9 Å². The maximum atomic E-state index is 9.24. The Labute approximate surface area is 122 Å². The molecule has 0 aromatic rings. The van der Waals surface area contributed by atoms with Crippen LogP contribution < -0.4 is 0 Å². The molecule has 0 aromatic carbocycles. The molecule has 2 N–H and O–H groups in total. The number of aliphatic carboxylic acids is 2. The third kappa shape index (κ3) is 26.1. The van der Waals surface area contributed by atoms with Gasteiger partial charge in [-0.1, -0.05) is 0 Å². The number of halogens is 2. The van der Waals surface area contributed by atoms with E-state index in [9.17, 15) is 9.59 Å². The number of hydrogen-bond donors (Lipinski definition) is 2. The molecule has 1 aliphatic heterocycles. The van der Waals surface area contributed by atoms with Crippen LogP contribution in [-0.2, 0) is 9.59 Å². The molecule has 1 heterocycles. The van der Waals surface area contributed by atoms with Crippen LogP contribution in [-0.4, -0.2) is 55.1 Å². The van der Waals surface area contributed by atoms with Crippen molar-refractivity contribution in [3.05, 3.63) is 0 Å². The summed E-state index contributed by atoms with van der Waals surface area (Å²) in [5.74, 6) is -2.57. The predicted octanol–water partition coefficient (Wildman–Crippen LogP) is 2.72. The Bertz CT molecular complexity index is 169. The molecule has 100 valence electrons. The van der Waals surface area contributed by atoms with Gasteiger partial charge in [0, 0.05) is 0 Å². The third-order valence-electron chi connectivity index (χ3n) is 1.69. The van der Waals surface area contributed by atoms with Gasteiger partial charge in [0.25, 0.3) is 0 Å². The summed E-state index contributed by atoms with van der Waals surface area (Å²) in [4.78, 5) is 18.5. The standard InChI is InChI=1S/C6H12.2C2H3ClO2.Sn/c1-3-5-6-4-2;2*3-1-2(4)5;/h1-6H2;2*1H2,(H,4,5);. The van der Waals surface area contributed by atoms with Crippen LogP contribution in [0, 0.1) is 0 Å². The molecule has 7 heteroatoms. The Morgan fingerprint density at radius 3 is 1.41 bits per heavy atom. The summed E-state index contributed by atoms with van der Waals surface area (Å²) in [6.45, 7) is 0. The minimum absolute atomic E-state index is 0.244. The molecule has 0 aliphatic carbocycles. The second-order valence-corrected chi connectivity index (χ2v) is 8.03. The monoisotopic (exact) mass is 392 g/mol. The fraction of sp³-hybridized carbons (Fsp3) is 0.800. The van der Waals surface area contributed by atoms with Gasteiger partial charge in [0.2, 0.25) is 0 Å². The molecule has 0 spiro atoms. The van der Waals surface area contributed by atoms with Gasteiger partial charge >= 0.3 is 67.6 Å². The number of rotatable bonds is 2. The number of carboxylic acids is 2. The Morgan fingerprint density at radius 1 is 0.882 bits per heavy atom. The summed E-state index contributed by atoms with van der Waals surface area (Å²) < 4.78 is 3.34. The number of carboxylic acid groups (broad SMARTS) is 2. The van der Waals surface area contributed by atoms with Gasteiger partial charge < -0.3 is 10.2 Å². The second kappa shape index (κ2) is 16.3. The molecule has 1 saturated heterocycles. The van der Waals surface area contributed by atoms with E-state index in [1.54, 1.807) is 34.6 Å². The van der Waals surface area contributed by atoms with Crippen LogP contribution >= 0.6 is 23.2 Å². The first kappa shape index (κ1) is 19.7. The van der Waals surface area contributed by atoms with Gasteiger partial charge in [0.1, 0.15) is 11.8 Å². The quantitative estimate of drug-likeness (QED) is 0.560. The van der Waals surface area contributed by atoms with Crippen LogP contribution in [0.1, 0.15) is 25.7 Å². The Hall–Kier alpha value is 0.319. The van der Waals surface area contributed by atoms with Crippen LogP contribution in [0.25, 0.3) is 0 Å². The molecular weight excluding hydrogens is 374 g/mol. The fourth-order valence-electron chi connectivity index (χ4n) is 0.979. The van der Waals surface area contributed by atoms with E-state index in [4.69, 9.17) is 33.4 Å². The first-order chi connectivity index (χ1) is 8.04. The molecule has 1 rings (SSSR count). The van der Waals surface area contributed by atoms with Crippen LogP contribution in [0.5, 0.6) is 0 Å². The van der Waals surface area contributed by atoms with E-state index in [1.807, 2.05) is 0 Å². The number of hydrogen-bond acceptors (Lipinski definition) is 2. The van der Waals surface area contributed by atoms with E-state index in [0.29, 0.717) is 0 Å². The molecule has 0 bridgehead atoms. The minimum Gasteiger partial charge on any atom is -0.480 e. The molecule has 0 aromatic heterocycles. The van der Waals surface area contributed by atoms with E-state index in [0.717, 1.165) is 0 Å². The Balaban J connectivity index is 0. The summed E-state index contributed by atoms with van der Waals surface area (Å²) in [5, 5.41) is 15.2. The van der Waals surface area contributed by atoms with E-state index >= 15 is 0 Å². The summed E-state index contributed by atoms with van der Waals surface area (Å²) in [7, 11) is 0. The van der Waals surface area contributed by atoms with Crippen molar-refractivity contribution in [2.45, 2.75) is 34.6 Å². The van der Waals surface area contributed by atoms with Crippen molar-refractivity contribution in [3.8, 4) is 0 Å². The molecule has 1 fully saturated rings. The van der Waals surface area contributed by atoms with E-state index in [2.05, 4.69) is 0 Å². The van der Waals surface area contributed by atoms with Gasteiger partial charge in [-0.05, 0) is 0 Å². The van der Waals surface area contributed by atoms with Gasteiger partial charge in [-0.2, -0.15) is 0 Å². The molecular formula is C10H18Cl2O4Sn. The summed E-state index contributed by atoms with van der Waals surface area (Å²) in [6.07, 6.45) is 6.24. The van der Waals surface area contributed by atoms with Crippen molar-refractivity contribution < 1.29 is 19.8 Å². The molecule has 17 heavy (non-hydrogen) atoms. The average Bonchev–Trinajstić information content (AvgIpc) is 2.62.